The third-order valence-corrected chi connectivity index (χ3v) is 6.65. The highest BCUT2D eigenvalue weighted by Gasteiger charge is 2.35. The lowest BCUT2D eigenvalue weighted by Crippen LogP contribution is -2.32. The SMILES string of the molecule is O=C(CNC(=O)OCOC(=O)C1CCCCC1)C[P+](O)(O)C=C1CCCCC1. The maximum atomic E-state index is 11.9. The first-order chi connectivity index (χ1) is 13.4. The number of hydrogen-bond acceptors (Lipinski definition) is 7. The molecule has 9 heteroatoms. The number of alkyl carbamates (subject to hydrolysis) is 1. The Kier molecular flexibility index (Phi) is 9.35. The van der Waals surface area contributed by atoms with Gasteiger partial charge in [-0.1, -0.05) is 25.7 Å². The van der Waals surface area contributed by atoms with Crippen molar-refractivity contribution in [2.75, 3.05) is 19.5 Å². The molecular weight excluding hydrogens is 385 g/mol. The molecule has 158 valence electrons. The summed E-state index contributed by atoms with van der Waals surface area (Å²) in [5.74, 6) is 0.454. The Morgan fingerprint density at radius 3 is 2.32 bits per heavy atom. The fraction of sp³-hybridized carbons (Fsp3) is 0.737. The van der Waals surface area contributed by atoms with Gasteiger partial charge < -0.3 is 14.8 Å². The van der Waals surface area contributed by atoms with Crippen LogP contribution in [0.2, 0.25) is 0 Å². The van der Waals surface area contributed by atoms with E-state index < -0.39 is 32.5 Å². The maximum Gasteiger partial charge on any atom is 0.410 e. The van der Waals surface area contributed by atoms with Gasteiger partial charge in [0.15, 0.2) is 11.9 Å². The average molecular weight is 416 g/mol. The van der Waals surface area contributed by atoms with Gasteiger partial charge >= 0.3 is 12.1 Å². The minimum absolute atomic E-state index is 0.133. The predicted octanol–water partition coefficient (Wildman–Crippen LogP) is 3.04. The summed E-state index contributed by atoms with van der Waals surface area (Å²) >= 11 is 0. The van der Waals surface area contributed by atoms with E-state index in [-0.39, 0.29) is 18.4 Å². The number of rotatable bonds is 8. The van der Waals surface area contributed by atoms with Crippen molar-refractivity contribution >= 4 is 25.6 Å². The summed E-state index contributed by atoms with van der Waals surface area (Å²) in [6, 6.07) is 0. The number of esters is 1. The largest absolute Gasteiger partial charge is 0.428 e. The second kappa shape index (κ2) is 11.5. The van der Waals surface area contributed by atoms with E-state index >= 15 is 0 Å². The summed E-state index contributed by atoms with van der Waals surface area (Å²) in [4.78, 5) is 55.5. The molecule has 0 aromatic rings. The lowest BCUT2D eigenvalue weighted by atomic mass is 9.89. The van der Waals surface area contributed by atoms with Crippen LogP contribution in [0.1, 0.15) is 64.2 Å². The van der Waals surface area contributed by atoms with Crippen LogP contribution in [-0.2, 0) is 19.1 Å². The van der Waals surface area contributed by atoms with Gasteiger partial charge in [-0.2, -0.15) is 0 Å². The lowest BCUT2D eigenvalue weighted by Gasteiger charge is -2.19. The molecule has 0 aliphatic heterocycles. The molecule has 0 saturated heterocycles. The lowest BCUT2D eigenvalue weighted by molar-refractivity contribution is -0.158. The fourth-order valence-electron chi connectivity index (χ4n) is 3.61. The predicted molar refractivity (Wildman–Crippen MR) is 104 cm³/mol. The van der Waals surface area contributed by atoms with Crippen molar-refractivity contribution < 1.29 is 33.6 Å². The van der Waals surface area contributed by atoms with Gasteiger partial charge in [-0.05, 0) is 44.1 Å². The van der Waals surface area contributed by atoms with Gasteiger partial charge in [0.1, 0.15) is 5.82 Å². The molecule has 0 spiro atoms. The number of hydrogen-bond donors (Lipinski definition) is 3. The summed E-state index contributed by atoms with van der Waals surface area (Å²) in [7, 11) is -3.45. The molecule has 0 bridgehead atoms. The maximum absolute atomic E-state index is 11.9. The van der Waals surface area contributed by atoms with E-state index in [9.17, 15) is 24.2 Å². The average Bonchev–Trinajstić information content (AvgIpc) is 2.67. The molecule has 0 atom stereocenters. The van der Waals surface area contributed by atoms with Gasteiger partial charge in [0.05, 0.1) is 12.5 Å². The van der Waals surface area contributed by atoms with Crippen LogP contribution in [0, 0.1) is 5.92 Å². The number of nitrogens with one attached hydrogen (secondary N) is 1. The molecule has 0 heterocycles. The summed E-state index contributed by atoms with van der Waals surface area (Å²) < 4.78 is 9.67. The van der Waals surface area contributed by atoms with Crippen molar-refractivity contribution in [3.8, 4) is 0 Å². The third-order valence-electron chi connectivity index (χ3n) is 5.05. The zero-order valence-corrected chi connectivity index (χ0v) is 17.1. The molecule has 0 radical (unpaired) electrons. The Balaban J connectivity index is 1.62. The molecule has 3 N–H and O–H groups in total. The van der Waals surface area contributed by atoms with E-state index in [1.807, 2.05) is 0 Å². The molecule has 2 aliphatic rings. The Hall–Kier alpha value is -1.50. The highest BCUT2D eigenvalue weighted by Crippen LogP contribution is 2.53. The summed E-state index contributed by atoms with van der Waals surface area (Å²) in [6.45, 7) is -0.875. The normalized spacial score (nSPS) is 18.3. The number of ether oxygens (including phenoxy) is 2. The number of Topliss-reactive ketones (excluding diaryl/α,β-unsaturated/α-hetero) is 1. The molecule has 28 heavy (non-hydrogen) atoms. The molecule has 2 saturated carbocycles. The second-order valence-electron chi connectivity index (χ2n) is 7.53. The van der Waals surface area contributed by atoms with Crippen LogP contribution in [0.25, 0.3) is 0 Å². The van der Waals surface area contributed by atoms with Crippen molar-refractivity contribution in [3.05, 3.63) is 11.4 Å². The highest BCUT2D eigenvalue weighted by atomic mass is 31.2. The van der Waals surface area contributed by atoms with E-state index in [2.05, 4.69) is 5.32 Å². The Morgan fingerprint density at radius 1 is 1.00 bits per heavy atom. The number of ketones is 1. The molecule has 0 aromatic carbocycles. The number of carbonyl (C=O) groups is 3. The van der Waals surface area contributed by atoms with Crippen LogP contribution in [-0.4, -0.2) is 47.1 Å². The van der Waals surface area contributed by atoms with Crippen molar-refractivity contribution in [1.82, 2.24) is 5.32 Å². The smallest absolute Gasteiger partial charge is 0.410 e. The van der Waals surface area contributed by atoms with Crippen LogP contribution in [0.4, 0.5) is 4.79 Å². The van der Waals surface area contributed by atoms with Crippen molar-refractivity contribution in [3.63, 3.8) is 0 Å². The van der Waals surface area contributed by atoms with E-state index in [1.165, 1.54) is 5.82 Å². The highest BCUT2D eigenvalue weighted by molar-refractivity contribution is 7.68. The minimum Gasteiger partial charge on any atom is -0.428 e. The fourth-order valence-corrected chi connectivity index (χ4v) is 5.17. The Morgan fingerprint density at radius 2 is 1.64 bits per heavy atom. The van der Waals surface area contributed by atoms with Crippen LogP contribution in [0.3, 0.4) is 0 Å². The molecular formula is C19H31NO7P+. The summed E-state index contributed by atoms with van der Waals surface area (Å²) in [5, 5.41) is 2.23. The van der Waals surface area contributed by atoms with Gasteiger partial charge in [0.25, 0.3) is 7.72 Å². The van der Waals surface area contributed by atoms with Gasteiger partial charge in [-0.3, -0.25) is 9.59 Å². The minimum atomic E-state index is -3.45. The molecule has 0 unspecified atom stereocenters. The first-order valence-corrected chi connectivity index (χ1v) is 11.9. The zero-order chi connectivity index (χ0) is 20.4. The molecule has 2 aliphatic carbocycles. The third kappa shape index (κ3) is 8.67. The molecule has 1 amide bonds. The first kappa shape index (κ1) is 22.8. The van der Waals surface area contributed by atoms with Crippen LogP contribution in [0.15, 0.2) is 11.4 Å². The van der Waals surface area contributed by atoms with E-state index in [0.29, 0.717) is 0 Å². The molecule has 2 fully saturated rings. The van der Waals surface area contributed by atoms with E-state index in [0.717, 1.165) is 69.8 Å². The first-order valence-electron chi connectivity index (χ1n) is 9.98. The standard InChI is InChI=1S/C19H30NO7P/c21-17(13-28(24,25)12-15-7-3-1-4-8-15)11-20-19(23)27-14-26-18(22)16-9-5-2-6-10-16/h12,16,24-25H,1-11,13-14H2/p+1. The summed E-state index contributed by atoms with van der Waals surface area (Å²) in [6.07, 6.45) is 8.27. The van der Waals surface area contributed by atoms with Crippen LogP contribution in [0.5, 0.6) is 0 Å². The molecule has 0 aromatic heterocycles. The molecule has 2 rings (SSSR count). The van der Waals surface area contributed by atoms with E-state index in [4.69, 9.17) is 9.47 Å². The Labute approximate surface area is 166 Å². The van der Waals surface area contributed by atoms with Crippen LogP contribution >= 0.6 is 7.72 Å². The van der Waals surface area contributed by atoms with Crippen molar-refractivity contribution in [1.29, 1.82) is 0 Å². The van der Waals surface area contributed by atoms with Gasteiger partial charge in [-0.15, -0.1) is 0 Å². The Bertz CT molecular complexity index is 577. The van der Waals surface area contributed by atoms with Crippen molar-refractivity contribution in [2.45, 2.75) is 64.2 Å². The second-order valence-corrected chi connectivity index (χ2v) is 9.68. The monoisotopic (exact) mass is 416 g/mol. The number of amides is 1. The zero-order valence-electron chi connectivity index (χ0n) is 16.2. The number of allylic oxidation sites excluding steroid dienone is 1. The van der Waals surface area contributed by atoms with E-state index in [1.54, 1.807) is 0 Å². The quantitative estimate of drug-likeness (QED) is 0.316. The van der Waals surface area contributed by atoms with Gasteiger partial charge in [0.2, 0.25) is 6.79 Å². The topological polar surface area (TPSA) is 122 Å². The van der Waals surface area contributed by atoms with Gasteiger partial charge in [0, 0.05) is 0 Å². The number of carbonyl (C=O) groups excluding carboxylic acids is 3. The van der Waals surface area contributed by atoms with Gasteiger partial charge in [-0.25, -0.2) is 14.6 Å². The van der Waals surface area contributed by atoms with Crippen molar-refractivity contribution in [2.24, 2.45) is 5.92 Å². The molecule has 8 nitrogen and oxygen atoms in total. The summed E-state index contributed by atoms with van der Waals surface area (Å²) in [5.41, 5.74) is 0.990. The van der Waals surface area contributed by atoms with Crippen LogP contribution < -0.4 is 5.32 Å².